The minimum Gasteiger partial charge on any atom is -0.457 e. The number of ether oxygens (including phenoxy) is 1. The van der Waals surface area contributed by atoms with Gasteiger partial charge in [-0.3, -0.25) is 4.57 Å². The minimum absolute atomic E-state index is 0.00213. The number of fused-ring (bicyclic) bond motifs is 3. The fraction of sp³-hybridized carbons (Fsp3) is 0.347. The van der Waals surface area contributed by atoms with E-state index in [0.29, 0.717) is 5.92 Å². The molecule has 0 amide bonds. The molecule has 0 aliphatic carbocycles. The highest BCUT2D eigenvalue weighted by Crippen LogP contribution is 2.40. The smallest absolute Gasteiger partial charge is 0.137 e. The Morgan fingerprint density at radius 1 is 0.704 bits per heavy atom. The van der Waals surface area contributed by atoms with Gasteiger partial charge in [-0.25, -0.2) is 9.67 Å². The molecular weight excluding hydrogens is 661 g/mol. The molecule has 3 aromatic heterocycles. The Bertz CT molecular complexity index is 2490. The number of benzene rings is 4. The highest BCUT2D eigenvalue weighted by Gasteiger charge is 2.24. The van der Waals surface area contributed by atoms with Crippen molar-refractivity contribution in [1.29, 1.82) is 0 Å². The lowest BCUT2D eigenvalue weighted by Crippen LogP contribution is -2.12. The highest BCUT2D eigenvalue weighted by molar-refractivity contribution is 6.09. The molecule has 0 saturated heterocycles. The maximum absolute atomic E-state index is 6.86. The average Bonchev–Trinajstić information content (AvgIpc) is 3.60. The Labute approximate surface area is 322 Å². The molecular formula is C49H56N4O. The lowest BCUT2D eigenvalue weighted by atomic mass is 9.86. The Morgan fingerprint density at radius 3 is 2.09 bits per heavy atom. The Morgan fingerprint density at radius 2 is 1.41 bits per heavy atom. The topological polar surface area (TPSA) is 44.9 Å². The van der Waals surface area contributed by atoms with Crippen LogP contribution in [0.1, 0.15) is 107 Å². The molecule has 0 bridgehead atoms. The molecule has 0 aliphatic heterocycles. The van der Waals surface area contributed by atoms with Crippen molar-refractivity contribution in [1.82, 2.24) is 19.3 Å². The molecule has 278 valence electrons. The number of rotatable bonds is 8. The van der Waals surface area contributed by atoms with Crippen molar-refractivity contribution in [3.8, 4) is 34.1 Å². The van der Waals surface area contributed by atoms with Crippen molar-refractivity contribution in [3.05, 3.63) is 130 Å². The summed E-state index contributed by atoms with van der Waals surface area (Å²) in [5.74, 6) is 2.78. The molecule has 7 rings (SSSR count). The Hall–Kier alpha value is -5.16. The molecule has 0 spiro atoms. The van der Waals surface area contributed by atoms with Crippen LogP contribution in [0.25, 0.3) is 44.4 Å². The van der Waals surface area contributed by atoms with Crippen molar-refractivity contribution in [2.75, 3.05) is 0 Å². The summed E-state index contributed by atoms with van der Waals surface area (Å²) in [6.07, 6.45) is 3.89. The van der Waals surface area contributed by atoms with Crippen LogP contribution >= 0.6 is 0 Å². The molecule has 7 aromatic rings. The van der Waals surface area contributed by atoms with Crippen LogP contribution in [-0.2, 0) is 11.8 Å². The summed E-state index contributed by atoms with van der Waals surface area (Å²) < 4.78 is 11.3. The van der Waals surface area contributed by atoms with Gasteiger partial charge in [-0.2, -0.15) is 5.10 Å². The zero-order valence-corrected chi connectivity index (χ0v) is 34.3. The van der Waals surface area contributed by atoms with Gasteiger partial charge in [0.2, 0.25) is 0 Å². The van der Waals surface area contributed by atoms with Crippen LogP contribution in [0.3, 0.4) is 0 Å². The van der Waals surface area contributed by atoms with Crippen molar-refractivity contribution < 1.29 is 4.74 Å². The first-order chi connectivity index (χ1) is 25.5. The predicted octanol–water partition coefficient (Wildman–Crippen LogP) is 13.5. The summed E-state index contributed by atoms with van der Waals surface area (Å²) in [6, 6.07) is 30.6. The fourth-order valence-electron chi connectivity index (χ4n) is 7.94. The van der Waals surface area contributed by atoms with Crippen molar-refractivity contribution >= 4 is 21.8 Å². The second-order valence-electron chi connectivity index (χ2n) is 17.9. The van der Waals surface area contributed by atoms with Crippen LogP contribution in [0.15, 0.2) is 91.1 Å². The monoisotopic (exact) mass is 716 g/mol. The second kappa shape index (κ2) is 13.9. The summed E-state index contributed by atoms with van der Waals surface area (Å²) in [7, 11) is 0. The largest absolute Gasteiger partial charge is 0.457 e. The maximum Gasteiger partial charge on any atom is 0.137 e. The fourth-order valence-corrected chi connectivity index (χ4v) is 7.94. The summed E-state index contributed by atoms with van der Waals surface area (Å²) in [4.78, 5) is 4.88. The number of hydrogen-bond acceptors (Lipinski definition) is 3. The lowest BCUT2D eigenvalue weighted by molar-refractivity contribution is 0.375. The number of nitrogens with zero attached hydrogens (tertiary/aromatic N) is 4. The molecule has 54 heavy (non-hydrogen) atoms. The summed E-state index contributed by atoms with van der Waals surface area (Å²) in [5.41, 5.74) is 14.6. The van der Waals surface area contributed by atoms with Crippen molar-refractivity contribution in [3.63, 3.8) is 0 Å². The number of hydrogen-bond donors (Lipinski definition) is 0. The first-order valence-corrected chi connectivity index (χ1v) is 19.5. The van der Waals surface area contributed by atoms with E-state index >= 15 is 0 Å². The number of pyridine rings is 1. The van der Waals surface area contributed by atoms with E-state index in [2.05, 4.69) is 177 Å². The molecule has 0 saturated carbocycles. The van der Waals surface area contributed by atoms with Gasteiger partial charge in [0, 0.05) is 34.7 Å². The van der Waals surface area contributed by atoms with E-state index in [-0.39, 0.29) is 10.8 Å². The third-order valence-corrected chi connectivity index (χ3v) is 10.7. The van der Waals surface area contributed by atoms with E-state index in [1.165, 1.54) is 55.4 Å². The molecule has 0 fully saturated rings. The van der Waals surface area contributed by atoms with Gasteiger partial charge in [-0.1, -0.05) is 91.3 Å². The van der Waals surface area contributed by atoms with Gasteiger partial charge in [-0.15, -0.1) is 0 Å². The van der Waals surface area contributed by atoms with Crippen LogP contribution < -0.4 is 4.74 Å². The summed E-state index contributed by atoms with van der Waals surface area (Å²) in [5, 5.41) is 7.66. The van der Waals surface area contributed by atoms with Crippen LogP contribution in [0.4, 0.5) is 0 Å². The van der Waals surface area contributed by atoms with Crippen molar-refractivity contribution in [2.24, 2.45) is 5.41 Å². The van der Waals surface area contributed by atoms with Gasteiger partial charge in [0.15, 0.2) is 0 Å². The minimum atomic E-state index is 0.00213. The number of aromatic nitrogens is 4. The molecule has 0 aliphatic rings. The van der Waals surface area contributed by atoms with Crippen LogP contribution in [0, 0.1) is 33.1 Å². The Balaban J connectivity index is 1.37. The van der Waals surface area contributed by atoms with Gasteiger partial charge in [0.05, 0.1) is 28.1 Å². The van der Waals surface area contributed by atoms with Crippen LogP contribution in [0.2, 0.25) is 0 Å². The highest BCUT2D eigenvalue weighted by atomic mass is 16.5. The van der Waals surface area contributed by atoms with E-state index in [0.717, 1.165) is 52.6 Å². The summed E-state index contributed by atoms with van der Waals surface area (Å²) in [6.45, 7) is 27.0. The van der Waals surface area contributed by atoms with Gasteiger partial charge in [0.25, 0.3) is 0 Å². The second-order valence-corrected chi connectivity index (χ2v) is 17.9. The molecule has 0 N–H and O–H groups in total. The molecule has 4 aromatic carbocycles. The zero-order valence-electron chi connectivity index (χ0n) is 34.3. The van der Waals surface area contributed by atoms with Gasteiger partial charge < -0.3 is 4.74 Å². The molecule has 0 unspecified atom stereocenters. The first kappa shape index (κ1) is 37.2. The zero-order chi connectivity index (χ0) is 38.7. The maximum atomic E-state index is 6.86. The molecule has 5 heteroatoms. The standard InChI is InChI=1S/C49H56N4O/c1-30(2)35-25-37(53-43(19-21-48(7,8)9)47(34(6)51-53)46-32(4)23-31(3)24-33(46)5)28-39(26-35)54-38-17-18-41-40-15-13-14-16-42(40)52(44(41)29-38)45-27-36(20-22-50-45)49(10,11)12/h13-18,20,22-30H,19,21H2,1-12H3. The predicted molar refractivity (Wildman–Crippen MR) is 227 cm³/mol. The quantitative estimate of drug-likeness (QED) is 0.157. The van der Waals surface area contributed by atoms with Gasteiger partial charge in [0.1, 0.15) is 17.3 Å². The van der Waals surface area contributed by atoms with E-state index in [4.69, 9.17) is 14.8 Å². The number of aryl methyl sites for hydroxylation is 4. The molecule has 5 nitrogen and oxygen atoms in total. The number of para-hydroxylation sites is 1. The lowest BCUT2D eigenvalue weighted by Gasteiger charge is -2.21. The molecule has 0 radical (unpaired) electrons. The first-order valence-electron chi connectivity index (χ1n) is 19.5. The summed E-state index contributed by atoms with van der Waals surface area (Å²) >= 11 is 0. The normalized spacial score (nSPS) is 12.4. The van der Waals surface area contributed by atoms with Crippen LogP contribution in [-0.4, -0.2) is 19.3 Å². The van der Waals surface area contributed by atoms with Crippen molar-refractivity contribution in [2.45, 2.75) is 107 Å². The van der Waals surface area contributed by atoms with Gasteiger partial charge >= 0.3 is 0 Å². The van der Waals surface area contributed by atoms with E-state index in [1.54, 1.807) is 0 Å². The van der Waals surface area contributed by atoms with E-state index < -0.39 is 0 Å². The third kappa shape index (κ3) is 7.21. The van der Waals surface area contributed by atoms with E-state index in [9.17, 15) is 0 Å². The van der Waals surface area contributed by atoms with Gasteiger partial charge in [-0.05, 0) is 128 Å². The third-order valence-electron chi connectivity index (χ3n) is 10.7. The SMILES string of the molecule is Cc1cc(C)c(-c2c(C)nn(-c3cc(Oc4ccc5c6ccccc6n(-c6cc(C(C)(C)C)ccn6)c5c4)cc(C(C)C)c3)c2CCC(C)(C)C)c(C)c1. The molecule has 0 atom stereocenters. The Kier molecular flexibility index (Phi) is 9.58. The molecule has 3 heterocycles. The average molecular weight is 717 g/mol. The van der Waals surface area contributed by atoms with Crippen LogP contribution in [0.5, 0.6) is 11.5 Å². The van der Waals surface area contributed by atoms with E-state index in [1.807, 2.05) is 6.20 Å².